The summed E-state index contributed by atoms with van der Waals surface area (Å²) in [5, 5.41) is 9.02. The molecule has 0 atom stereocenters. The average molecular weight is 185 g/mol. The second-order valence-electron chi connectivity index (χ2n) is 4.40. The summed E-state index contributed by atoms with van der Waals surface area (Å²) >= 11 is 0. The highest BCUT2D eigenvalue weighted by molar-refractivity contribution is 5.76. The van der Waals surface area contributed by atoms with E-state index in [0.29, 0.717) is 0 Å². The van der Waals surface area contributed by atoms with Crippen LogP contribution in [0.2, 0.25) is 0 Å². The number of nitrogens with zero attached hydrogens (tertiary/aromatic N) is 1. The molecule has 1 aromatic rings. The first-order chi connectivity index (χ1) is 6.53. The Morgan fingerprint density at radius 1 is 1.21 bits per heavy atom. The molecule has 0 radical (unpaired) electrons. The van der Waals surface area contributed by atoms with Crippen LogP contribution >= 0.6 is 0 Å². The summed E-state index contributed by atoms with van der Waals surface area (Å²) in [6.45, 7) is 6.27. The van der Waals surface area contributed by atoms with Crippen LogP contribution in [0.25, 0.3) is 5.57 Å². The summed E-state index contributed by atoms with van der Waals surface area (Å²) in [6.07, 6.45) is 2.00. The maximum Gasteiger partial charge on any atom is 0.0994 e. The molecule has 0 spiro atoms. The van der Waals surface area contributed by atoms with Crippen LogP contribution < -0.4 is 0 Å². The minimum absolute atomic E-state index is 0.0426. The average Bonchev–Trinajstić information content (AvgIpc) is 2.14. The van der Waals surface area contributed by atoms with Gasteiger partial charge in [-0.3, -0.25) is 0 Å². The monoisotopic (exact) mass is 185 g/mol. The van der Waals surface area contributed by atoms with Crippen molar-refractivity contribution < 1.29 is 0 Å². The highest BCUT2D eigenvalue weighted by Crippen LogP contribution is 2.22. The molecule has 1 heteroatoms. The van der Waals surface area contributed by atoms with Gasteiger partial charge in [0.15, 0.2) is 0 Å². The number of nitriles is 1. The SMILES string of the molecule is CC(C)(C)/C=C(\C#N)c1ccccc1. The van der Waals surface area contributed by atoms with Gasteiger partial charge >= 0.3 is 0 Å². The van der Waals surface area contributed by atoms with E-state index in [1.807, 2.05) is 36.4 Å². The van der Waals surface area contributed by atoms with Gasteiger partial charge in [-0.2, -0.15) is 5.26 Å². The van der Waals surface area contributed by atoms with Crippen molar-refractivity contribution in [1.82, 2.24) is 0 Å². The normalized spacial score (nSPS) is 12.3. The molecule has 0 aliphatic carbocycles. The second-order valence-corrected chi connectivity index (χ2v) is 4.40. The third-order valence-electron chi connectivity index (χ3n) is 1.78. The minimum Gasteiger partial charge on any atom is -0.192 e. The Kier molecular flexibility index (Phi) is 3.09. The first-order valence-corrected chi connectivity index (χ1v) is 4.71. The quantitative estimate of drug-likeness (QED) is 0.613. The maximum atomic E-state index is 9.02. The molecule has 0 heterocycles. The molecule has 0 saturated carbocycles. The molecule has 0 amide bonds. The zero-order chi connectivity index (χ0) is 10.6. The Morgan fingerprint density at radius 3 is 2.21 bits per heavy atom. The zero-order valence-electron chi connectivity index (χ0n) is 8.91. The lowest BCUT2D eigenvalue weighted by Crippen LogP contribution is -2.00. The molecular formula is C13H15N. The largest absolute Gasteiger partial charge is 0.192 e. The Balaban J connectivity index is 3.08. The van der Waals surface area contributed by atoms with Gasteiger partial charge in [0.1, 0.15) is 0 Å². The lowest BCUT2D eigenvalue weighted by molar-refractivity contribution is 0.546. The van der Waals surface area contributed by atoms with Crippen LogP contribution in [0, 0.1) is 16.7 Å². The summed E-state index contributed by atoms with van der Waals surface area (Å²) < 4.78 is 0. The molecule has 0 saturated heterocycles. The van der Waals surface area contributed by atoms with E-state index in [2.05, 4.69) is 26.8 Å². The van der Waals surface area contributed by atoms with Gasteiger partial charge in [-0.15, -0.1) is 0 Å². The van der Waals surface area contributed by atoms with E-state index >= 15 is 0 Å². The number of allylic oxidation sites excluding steroid dienone is 2. The third-order valence-corrected chi connectivity index (χ3v) is 1.78. The molecule has 0 unspecified atom stereocenters. The van der Waals surface area contributed by atoms with Gasteiger partial charge in [-0.25, -0.2) is 0 Å². The van der Waals surface area contributed by atoms with Gasteiger partial charge in [0, 0.05) is 0 Å². The molecule has 1 nitrogen and oxygen atoms in total. The van der Waals surface area contributed by atoms with Gasteiger partial charge in [0.05, 0.1) is 11.6 Å². The van der Waals surface area contributed by atoms with E-state index in [-0.39, 0.29) is 5.41 Å². The topological polar surface area (TPSA) is 23.8 Å². The van der Waals surface area contributed by atoms with Crippen LogP contribution in [0.1, 0.15) is 26.3 Å². The standard InChI is InChI=1S/C13H15N/c1-13(2,3)9-12(10-14)11-7-5-4-6-8-11/h4-9H,1-3H3/b12-9+. The fourth-order valence-electron chi connectivity index (χ4n) is 1.23. The Hall–Kier alpha value is -1.55. The first-order valence-electron chi connectivity index (χ1n) is 4.71. The summed E-state index contributed by atoms with van der Waals surface area (Å²) in [7, 11) is 0. The molecule has 0 aliphatic heterocycles. The molecule has 0 fully saturated rings. The molecule has 0 N–H and O–H groups in total. The van der Waals surface area contributed by atoms with E-state index in [4.69, 9.17) is 5.26 Å². The Labute approximate surface area is 85.7 Å². The summed E-state index contributed by atoms with van der Waals surface area (Å²) in [6, 6.07) is 12.0. The maximum absolute atomic E-state index is 9.02. The predicted octanol–water partition coefficient (Wildman–Crippen LogP) is 3.64. The van der Waals surface area contributed by atoms with Crippen LogP contribution in [0.15, 0.2) is 36.4 Å². The van der Waals surface area contributed by atoms with Crippen molar-refractivity contribution in [2.45, 2.75) is 20.8 Å². The van der Waals surface area contributed by atoms with Crippen LogP contribution in [0.4, 0.5) is 0 Å². The zero-order valence-corrected chi connectivity index (χ0v) is 8.91. The Morgan fingerprint density at radius 2 is 1.79 bits per heavy atom. The lowest BCUT2D eigenvalue weighted by atomic mass is 9.91. The van der Waals surface area contributed by atoms with E-state index in [1.165, 1.54) is 0 Å². The first kappa shape index (κ1) is 10.5. The van der Waals surface area contributed by atoms with Crippen molar-refractivity contribution >= 4 is 5.57 Å². The highest BCUT2D eigenvalue weighted by Gasteiger charge is 2.09. The molecule has 1 rings (SSSR count). The van der Waals surface area contributed by atoms with Crippen LogP contribution in [-0.2, 0) is 0 Å². The number of benzene rings is 1. The molecule has 0 aromatic heterocycles. The fraction of sp³-hybridized carbons (Fsp3) is 0.308. The summed E-state index contributed by atoms with van der Waals surface area (Å²) in [5.74, 6) is 0. The second kappa shape index (κ2) is 4.11. The van der Waals surface area contributed by atoms with Gasteiger partial charge in [-0.1, -0.05) is 57.2 Å². The molecule has 14 heavy (non-hydrogen) atoms. The smallest absolute Gasteiger partial charge is 0.0994 e. The van der Waals surface area contributed by atoms with Crippen molar-refractivity contribution in [3.8, 4) is 6.07 Å². The van der Waals surface area contributed by atoms with Gasteiger partial charge in [0.2, 0.25) is 0 Å². The van der Waals surface area contributed by atoms with Crippen molar-refractivity contribution in [3.05, 3.63) is 42.0 Å². The number of rotatable bonds is 1. The molecule has 1 aromatic carbocycles. The number of hydrogen-bond acceptors (Lipinski definition) is 1. The van der Waals surface area contributed by atoms with Crippen LogP contribution in [-0.4, -0.2) is 0 Å². The van der Waals surface area contributed by atoms with Crippen molar-refractivity contribution in [1.29, 1.82) is 5.26 Å². The molecule has 0 aliphatic rings. The summed E-state index contributed by atoms with van der Waals surface area (Å²) in [4.78, 5) is 0. The highest BCUT2D eigenvalue weighted by atomic mass is 14.3. The van der Waals surface area contributed by atoms with Crippen molar-refractivity contribution in [2.24, 2.45) is 5.41 Å². The van der Waals surface area contributed by atoms with Gasteiger partial charge in [-0.05, 0) is 11.0 Å². The van der Waals surface area contributed by atoms with Crippen LogP contribution in [0.3, 0.4) is 0 Å². The third kappa shape index (κ3) is 3.06. The molecule has 0 bridgehead atoms. The van der Waals surface area contributed by atoms with Gasteiger partial charge in [0.25, 0.3) is 0 Å². The van der Waals surface area contributed by atoms with E-state index < -0.39 is 0 Å². The van der Waals surface area contributed by atoms with E-state index in [0.717, 1.165) is 11.1 Å². The molecular weight excluding hydrogens is 170 g/mol. The minimum atomic E-state index is 0.0426. The van der Waals surface area contributed by atoms with Crippen molar-refractivity contribution in [2.75, 3.05) is 0 Å². The van der Waals surface area contributed by atoms with E-state index in [9.17, 15) is 0 Å². The molecule has 72 valence electrons. The lowest BCUT2D eigenvalue weighted by Gasteiger charge is -2.12. The fourth-order valence-corrected chi connectivity index (χ4v) is 1.23. The predicted molar refractivity (Wildman–Crippen MR) is 59.5 cm³/mol. The van der Waals surface area contributed by atoms with Crippen LogP contribution in [0.5, 0.6) is 0 Å². The Bertz CT molecular complexity index is 360. The number of hydrogen-bond donors (Lipinski definition) is 0. The van der Waals surface area contributed by atoms with Gasteiger partial charge < -0.3 is 0 Å². The van der Waals surface area contributed by atoms with Crippen molar-refractivity contribution in [3.63, 3.8) is 0 Å². The summed E-state index contributed by atoms with van der Waals surface area (Å²) in [5.41, 5.74) is 1.78. The van der Waals surface area contributed by atoms with E-state index in [1.54, 1.807) is 0 Å².